The van der Waals surface area contributed by atoms with Gasteiger partial charge in [-0.05, 0) is 24.6 Å². The second-order valence-electron chi connectivity index (χ2n) is 5.45. The molecule has 114 valence electrons. The molecule has 0 aliphatic heterocycles. The SMILES string of the molecule is Cc1nn(C)c(Cl)c1COc1cccc(CNC(C)C)c1. The minimum absolute atomic E-state index is 0.430. The van der Waals surface area contributed by atoms with Gasteiger partial charge < -0.3 is 10.1 Å². The molecule has 5 heteroatoms. The van der Waals surface area contributed by atoms with Crippen LogP contribution in [0.5, 0.6) is 5.75 Å². The van der Waals surface area contributed by atoms with Crippen LogP contribution >= 0.6 is 11.6 Å². The Labute approximate surface area is 131 Å². The summed E-state index contributed by atoms with van der Waals surface area (Å²) in [6.45, 7) is 7.47. The number of aromatic nitrogens is 2. The Morgan fingerprint density at radius 2 is 2.14 bits per heavy atom. The number of hydrogen-bond acceptors (Lipinski definition) is 3. The van der Waals surface area contributed by atoms with Crippen molar-refractivity contribution in [2.75, 3.05) is 0 Å². The van der Waals surface area contributed by atoms with Crippen LogP contribution in [-0.4, -0.2) is 15.8 Å². The quantitative estimate of drug-likeness (QED) is 0.888. The average Bonchev–Trinajstić information content (AvgIpc) is 2.68. The maximum atomic E-state index is 6.21. The van der Waals surface area contributed by atoms with Gasteiger partial charge in [0.1, 0.15) is 17.5 Å². The zero-order valence-corrected chi connectivity index (χ0v) is 13.7. The lowest BCUT2D eigenvalue weighted by Gasteiger charge is -2.10. The molecule has 4 nitrogen and oxygen atoms in total. The highest BCUT2D eigenvalue weighted by Gasteiger charge is 2.11. The fraction of sp³-hybridized carbons (Fsp3) is 0.438. The molecule has 0 fully saturated rings. The van der Waals surface area contributed by atoms with Gasteiger partial charge >= 0.3 is 0 Å². The van der Waals surface area contributed by atoms with Gasteiger partial charge in [-0.15, -0.1) is 0 Å². The number of aryl methyl sites for hydroxylation is 2. The Balaban J connectivity index is 2.01. The predicted octanol–water partition coefficient (Wildman–Crippen LogP) is 3.46. The predicted molar refractivity (Wildman–Crippen MR) is 85.7 cm³/mol. The van der Waals surface area contributed by atoms with Gasteiger partial charge in [0, 0.05) is 25.2 Å². The lowest BCUT2D eigenvalue weighted by molar-refractivity contribution is 0.305. The highest BCUT2D eigenvalue weighted by Crippen LogP contribution is 2.21. The van der Waals surface area contributed by atoms with Crippen molar-refractivity contribution in [2.24, 2.45) is 7.05 Å². The summed E-state index contributed by atoms with van der Waals surface area (Å²) in [4.78, 5) is 0. The van der Waals surface area contributed by atoms with Gasteiger partial charge in [-0.3, -0.25) is 4.68 Å². The molecule has 0 aliphatic carbocycles. The van der Waals surface area contributed by atoms with Crippen LogP contribution in [0.1, 0.15) is 30.7 Å². The molecule has 0 saturated heterocycles. The molecular formula is C16H22ClN3O. The molecule has 2 rings (SSSR count). The molecule has 1 N–H and O–H groups in total. The first kappa shape index (κ1) is 15.9. The number of rotatable bonds is 6. The van der Waals surface area contributed by atoms with Gasteiger partial charge in [-0.25, -0.2) is 0 Å². The second-order valence-corrected chi connectivity index (χ2v) is 5.81. The number of nitrogens with zero attached hydrogens (tertiary/aromatic N) is 2. The first-order chi connectivity index (χ1) is 9.97. The van der Waals surface area contributed by atoms with Gasteiger partial charge in [0.05, 0.1) is 5.69 Å². The van der Waals surface area contributed by atoms with Gasteiger partial charge in [0.2, 0.25) is 0 Å². The third-order valence-corrected chi connectivity index (χ3v) is 3.74. The van der Waals surface area contributed by atoms with Gasteiger partial charge in [0.15, 0.2) is 0 Å². The lowest BCUT2D eigenvalue weighted by atomic mass is 10.2. The summed E-state index contributed by atoms with van der Waals surface area (Å²) in [6.07, 6.45) is 0. The average molecular weight is 308 g/mol. The normalized spacial score (nSPS) is 11.1. The first-order valence-corrected chi connectivity index (χ1v) is 7.48. The standard InChI is InChI=1S/C16H22ClN3O/c1-11(2)18-9-13-6-5-7-14(8-13)21-10-15-12(3)19-20(4)16(15)17/h5-8,11,18H,9-10H2,1-4H3. The Bertz CT molecular complexity index is 608. The minimum Gasteiger partial charge on any atom is -0.489 e. The summed E-state index contributed by atoms with van der Waals surface area (Å²) in [5, 5.41) is 8.31. The van der Waals surface area contributed by atoms with E-state index in [1.807, 2.05) is 26.1 Å². The summed E-state index contributed by atoms with van der Waals surface area (Å²) in [6, 6.07) is 8.56. The van der Waals surface area contributed by atoms with Crippen LogP contribution in [-0.2, 0) is 20.2 Å². The summed E-state index contributed by atoms with van der Waals surface area (Å²) in [5.74, 6) is 0.845. The van der Waals surface area contributed by atoms with E-state index in [1.165, 1.54) is 5.56 Å². The largest absolute Gasteiger partial charge is 0.489 e. The smallest absolute Gasteiger partial charge is 0.133 e. The molecule has 1 aromatic heterocycles. The number of ether oxygens (including phenoxy) is 1. The van der Waals surface area contributed by atoms with Crippen molar-refractivity contribution in [3.8, 4) is 5.75 Å². The number of halogens is 1. The molecule has 0 aliphatic rings. The van der Waals surface area contributed by atoms with E-state index in [0.717, 1.165) is 23.6 Å². The van der Waals surface area contributed by atoms with Crippen molar-refractivity contribution >= 4 is 11.6 Å². The highest BCUT2D eigenvalue weighted by atomic mass is 35.5. The maximum Gasteiger partial charge on any atom is 0.133 e. The van der Waals surface area contributed by atoms with Gasteiger partial charge in [0.25, 0.3) is 0 Å². The highest BCUT2D eigenvalue weighted by molar-refractivity contribution is 6.30. The Hall–Kier alpha value is -1.52. The van der Waals surface area contributed by atoms with E-state index in [0.29, 0.717) is 17.8 Å². The molecule has 2 aromatic rings. The monoisotopic (exact) mass is 307 g/mol. The third kappa shape index (κ3) is 4.22. The van der Waals surface area contributed by atoms with E-state index in [9.17, 15) is 0 Å². The first-order valence-electron chi connectivity index (χ1n) is 7.10. The molecule has 0 bridgehead atoms. The van der Waals surface area contributed by atoms with Gasteiger partial charge in [-0.2, -0.15) is 5.10 Å². The van der Waals surface area contributed by atoms with Crippen LogP contribution in [0.2, 0.25) is 5.15 Å². The molecule has 0 saturated carbocycles. The lowest BCUT2D eigenvalue weighted by Crippen LogP contribution is -2.21. The Morgan fingerprint density at radius 1 is 1.38 bits per heavy atom. The van der Waals surface area contributed by atoms with Crippen LogP contribution in [0.15, 0.2) is 24.3 Å². The summed E-state index contributed by atoms with van der Waals surface area (Å²) in [5.41, 5.74) is 3.04. The Morgan fingerprint density at radius 3 is 2.76 bits per heavy atom. The fourth-order valence-corrected chi connectivity index (χ4v) is 2.29. The number of benzene rings is 1. The Kier molecular flexibility index (Phi) is 5.26. The second kappa shape index (κ2) is 6.96. The maximum absolute atomic E-state index is 6.21. The van der Waals surface area contributed by atoms with Gasteiger partial charge in [-0.1, -0.05) is 37.6 Å². The van der Waals surface area contributed by atoms with Crippen molar-refractivity contribution in [3.05, 3.63) is 46.2 Å². The summed E-state index contributed by atoms with van der Waals surface area (Å²) >= 11 is 6.21. The van der Waals surface area contributed by atoms with Crippen LogP contribution in [0.25, 0.3) is 0 Å². The van der Waals surface area contributed by atoms with E-state index >= 15 is 0 Å². The molecule has 0 unspecified atom stereocenters. The van der Waals surface area contributed by atoms with Crippen LogP contribution < -0.4 is 10.1 Å². The zero-order valence-electron chi connectivity index (χ0n) is 13.0. The summed E-state index contributed by atoms with van der Waals surface area (Å²) < 4.78 is 7.51. The summed E-state index contributed by atoms with van der Waals surface area (Å²) in [7, 11) is 1.83. The molecule has 1 aromatic carbocycles. The van der Waals surface area contributed by atoms with Crippen molar-refractivity contribution < 1.29 is 4.74 Å². The number of hydrogen-bond donors (Lipinski definition) is 1. The van der Waals surface area contributed by atoms with Crippen molar-refractivity contribution in [2.45, 2.75) is 40.0 Å². The fourth-order valence-electron chi connectivity index (χ4n) is 2.06. The third-order valence-electron chi connectivity index (χ3n) is 3.27. The van der Waals surface area contributed by atoms with Crippen LogP contribution in [0.4, 0.5) is 0 Å². The molecule has 0 atom stereocenters. The van der Waals surface area contributed by atoms with E-state index in [4.69, 9.17) is 16.3 Å². The van der Waals surface area contributed by atoms with E-state index in [2.05, 4.69) is 36.4 Å². The number of nitrogens with one attached hydrogen (secondary N) is 1. The molecular weight excluding hydrogens is 286 g/mol. The van der Waals surface area contributed by atoms with E-state index < -0.39 is 0 Å². The topological polar surface area (TPSA) is 39.1 Å². The molecule has 21 heavy (non-hydrogen) atoms. The van der Waals surface area contributed by atoms with Crippen LogP contribution in [0, 0.1) is 6.92 Å². The van der Waals surface area contributed by atoms with E-state index in [1.54, 1.807) is 4.68 Å². The minimum atomic E-state index is 0.430. The molecule has 0 spiro atoms. The van der Waals surface area contributed by atoms with Crippen molar-refractivity contribution in [3.63, 3.8) is 0 Å². The zero-order chi connectivity index (χ0) is 15.4. The van der Waals surface area contributed by atoms with Crippen molar-refractivity contribution in [1.82, 2.24) is 15.1 Å². The molecule has 0 amide bonds. The van der Waals surface area contributed by atoms with E-state index in [-0.39, 0.29) is 0 Å². The molecule has 1 heterocycles. The molecule has 0 radical (unpaired) electrons. The van der Waals surface area contributed by atoms with Crippen LogP contribution in [0.3, 0.4) is 0 Å². The van der Waals surface area contributed by atoms with Crippen molar-refractivity contribution in [1.29, 1.82) is 0 Å².